The minimum absolute atomic E-state index is 0.00881. The van der Waals surface area contributed by atoms with Crippen LogP contribution < -0.4 is 20.9 Å². The molecule has 0 radical (unpaired) electrons. The average Bonchev–Trinajstić information content (AvgIpc) is 3.25. The first-order valence-electron chi connectivity index (χ1n) is 11.4. The number of carbonyl (C=O) groups is 1. The molecule has 0 spiro atoms. The van der Waals surface area contributed by atoms with E-state index in [4.69, 9.17) is 9.72 Å². The molecule has 6 rings (SSSR count). The van der Waals surface area contributed by atoms with Crippen LogP contribution in [0.25, 0.3) is 11.2 Å². The summed E-state index contributed by atoms with van der Waals surface area (Å²) in [6.45, 7) is 2.59. The van der Waals surface area contributed by atoms with Crippen LogP contribution in [0.15, 0.2) is 30.6 Å². The van der Waals surface area contributed by atoms with Crippen LogP contribution in [0.3, 0.4) is 0 Å². The van der Waals surface area contributed by atoms with Crippen molar-refractivity contribution in [2.24, 2.45) is 0 Å². The third-order valence-corrected chi connectivity index (χ3v) is 7.55. The summed E-state index contributed by atoms with van der Waals surface area (Å²) in [5.41, 5.74) is 5.25. The topological polar surface area (TPSA) is 96.3 Å². The second kappa shape index (κ2) is 8.42. The number of carbonyl (C=O) groups excluding carboxylic acids is 1. The second-order valence-corrected chi connectivity index (χ2v) is 9.91. The number of nitrogens with zero attached hydrogens (tertiary/aromatic N) is 4. The molecule has 2 fully saturated rings. The monoisotopic (exact) mass is 465 g/mol. The van der Waals surface area contributed by atoms with Gasteiger partial charge in [-0.1, -0.05) is 0 Å². The smallest absolute Gasteiger partial charge is 0.328 e. The predicted molar refractivity (Wildman–Crippen MR) is 132 cm³/mol. The molecule has 2 aromatic heterocycles. The Morgan fingerprint density at radius 1 is 1.18 bits per heavy atom. The quantitative estimate of drug-likeness (QED) is 0.530. The van der Waals surface area contributed by atoms with Crippen molar-refractivity contribution < 1.29 is 9.53 Å². The van der Waals surface area contributed by atoms with E-state index in [9.17, 15) is 4.79 Å². The van der Waals surface area contributed by atoms with Crippen molar-refractivity contribution in [1.29, 1.82) is 0 Å². The summed E-state index contributed by atoms with van der Waals surface area (Å²) >= 11 is 2.00. The van der Waals surface area contributed by atoms with E-state index in [2.05, 4.69) is 44.0 Å². The van der Waals surface area contributed by atoms with Crippen LogP contribution in [0.1, 0.15) is 18.4 Å². The highest BCUT2D eigenvalue weighted by Gasteiger charge is 2.34. The first-order chi connectivity index (χ1) is 16.2. The molecule has 0 unspecified atom stereocenters. The summed E-state index contributed by atoms with van der Waals surface area (Å²) in [7, 11) is 1.85. The minimum Gasteiger partial charge on any atom is -0.386 e. The van der Waals surface area contributed by atoms with Crippen molar-refractivity contribution in [3.05, 3.63) is 36.2 Å². The molecule has 1 aromatic carbocycles. The Balaban J connectivity index is 1.45. The van der Waals surface area contributed by atoms with Gasteiger partial charge in [0.2, 0.25) is 0 Å². The van der Waals surface area contributed by atoms with Gasteiger partial charge in [-0.05, 0) is 36.6 Å². The first-order valence-corrected chi connectivity index (χ1v) is 12.6. The highest BCUT2D eigenvalue weighted by Crippen LogP contribution is 2.32. The van der Waals surface area contributed by atoms with Crippen molar-refractivity contribution in [3.63, 3.8) is 0 Å². The van der Waals surface area contributed by atoms with Gasteiger partial charge in [-0.2, -0.15) is 11.8 Å². The summed E-state index contributed by atoms with van der Waals surface area (Å²) in [4.78, 5) is 24.6. The SMILES string of the molecule is CNc1cc2nc3c1ncn3C(=O)N[C@@H]1CC[C@H]1OCc1cc(cc(N3CCSCC3)c1)N2. The van der Waals surface area contributed by atoms with Gasteiger partial charge in [0.15, 0.2) is 5.65 Å². The lowest BCUT2D eigenvalue weighted by Crippen LogP contribution is -2.52. The zero-order chi connectivity index (χ0) is 22.4. The van der Waals surface area contributed by atoms with E-state index in [0.717, 1.165) is 54.4 Å². The molecule has 2 aliphatic heterocycles. The number of amides is 1. The highest BCUT2D eigenvalue weighted by molar-refractivity contribution is 7.99. The zero-order valence-corrected chi connectivity index (χ0v) is 19.3. The number of ether oxygens (including phenoxy) is 1. The van der Waals surface area contributed by atoms with Gasteiger partial charge < -0.3 is 25.6 Å². The van der Waals surface area contributed by atoms with Gasteiger partial charge in [-0.15, -0.1) is 0 Å². The van der Waals surface area contributed by atoms with E-state index in [1.165, 1.54) is 16.6 Å². The zero-order valence-electron chi connectivity index (χ0n) is 18.5. The van der Waals surface area contributed by atoms with Gasteiger partial charge in [0.25, 0.3) is 0 Å². The van der Waals surface area contributed by atoms with Crippen LogP contribution in [0.4, 0.5) is 27.7 Å². The number of thioether (sulfide) groups is 1. The summed E-state index contributed by atoms with van der Waals surface area (Å²) in [6, 6.07) is 8.21. The maximum atomic E-state index is 13.0. The third-order valence-electron chi connectivity index (χ3n) is 6.60. The molecule has 4 bridgehead atoms. The number of anilines is 4. The number of nitrogens with one attached hydrogen (secondary N) is 3. The Morgan fingerprint density at radius 2 is 2.06 bits per heavy atom. The molecule has 4 heterocycles. The lowest BCUT2D eigenvalue weighted by Gasteiger charge is -2.37. The highest BCUT2D eigenvalue weighted by atomic mass is 32.2. The molecular formula is C23H27N7O2S. The molecule has 3 aromatic rings. The van der Waals surface area contributed by atoms with Gasteiger partial charge in [0.1, 0.15) is 17.7 Å². The van der Waals surface area contributed by atoms with E-state index < -0.39 is 0 Å². The molecule has 1 saturated carbocycles. The van der Waals surface area contributed by atoms with Crippen LogP contribution in [0, 0.1) is 0 Å². The number of benzene rings is 1. The Hall–Kier alpha value is -2.98. The fourth-order valence-corrected chi connectivity index (χ4v) is 5.54. The number of hydrogen-bond acceptors (Lipinski definition) is 8. The maximum absolute atomic E-state index is 13.0. The third kappa shape index (κ3) is 3.87. The van der Waals surface area contributed by atoms with E-state index in [1.807, 2.05) is 24.9 Å². The van der Waals surface area contributed by atoms with Crippen LogP contribution in [0.2, 0.25) is 0 Å². The van der Waals surface area contributed by atoms with Crippen molar-refractivity contribution in [2.45, 2.75) is 31.6 Å². The molecule has 172 valence electrons. The lowest BCUT2D eigenvalue weighted by atomic mass is 9.89. The Kier molecular flexibility index (Phi) is 5.26. The standard InChI is InChI=1S/C23H27N7O2S/c1-24-18-11-20-26-15-8-14(9-16(10-15)29-4-6-33-7-5-29)12-32-19-3-2-17(19)27-23(31)30-13-25-21(18)22(30)28-20/h8-11,13,17,19H,2-7,12H2,1H3,(H,27,31)(H2,24,26,28)/t17-,19-/m1/s1. The first kappa shape index (κ1) is 20.6. The van der Waals surface area contributed by atoms with E-state index in [-0.39, 0.29) is 18.2 Å². The number of pyridine rings is 1. The van der Waals surface area contributed by atoms with E-state index in [0.29, 0.717) is 23.6 Å². The molecule has 1 amide bonds. The number of hydrogen-bond donors (Lipinski definition) is 3. The Labute approximate surface area is 196 Å². The van der Waals surface area contributed by atoms with Gasteiger partial charge >= 0.3 is 6.03 Å². The molecule has 3 aliphatic rings. The van der Waals surface area contributed by atoms with E-state index >= 15 is 0 Å². The summed E-state index contributed by atoms with van der Waals surface area (Å²) < 4.78 is 7.72. The summed E-state index contributed by atoms with van der Waals surface area (Å²) in [5, 5.41) is 9.75. The molecule has 10 heteroatoms. The predicted octanol–water partition coefficient (Wildman–Crippen LogP) is 3.39. The average molecular weight is 466 g/mol. The van der Waals surface area contributed by atoms with Crippen LogP contribution >= 0.6 is 11.8 Å². The fraction of sp³-hybridized carbons (Fsp3) is 0.435. The van der Waals surface area contributed by atoms with Gasteiger partial charge in [0, 0.05) is 49.1 Å². The second-order valence-electron chi connectivity index (χ2n) is 8.69. The molecule has 1 saturated heterocycles. The molecule has 9 nitrogen and oxygen atoms in total. The minimum atomic E-state index is -0.233. The van der Waals surface area contributed by atoms with Gasteiger partial charge in [-0.25, -0.2) is 19.3 Å². The van der Waals surface area contributed by atoms with Crippen LogP contribution in [0.5, 0.6) is 0 Å². The fourth-order valence-electron chi connectivity index (χ4n) is 4.64. The van der Waals surface area contributed by atoms with Gasteiger partial charge in [0.05, 0.1) is 24.4 Å². The van der Waals surface area contributed by atoms with Crippen molar-refractivity contribution in [3.8, 4) is 0 Å². The van der Waals surface area contributed by atoms with Gasteiger partial charge in [-0.3, -0.25) is 0 Å². The number of aromatic nitrogens is 3. The molecular weight excluding hydrogens is 438 g/mol. The lowest BCUT2D eigenvalue weighted by molar-refractivity contribution is -0.0323. The van der Waals surface area contributed by atoms with Crippen LogP contribution in [-0.4, -0.2) is 64.4 Å². The number of fused-ring (bicyclic) bond motifs is 4. The van der Waals surface area contributed by atoms with Crippen molar-refractivity contribution in [1.82, 2.24) is 19.9 Å². The maximum Gasteiger partial charge on any atom is 0.328 e. The largest absolute Gasteiger partial charge is 0.386 e. The molecule has 3 N–H and O–H groups in total. The Morgan fingerprint density at radius 3 is 2.85 bits per heavy atom. The summed E-state index contributed by atoms with van der Waals surface area (Å²) in [5.74, 6) is 2.93. The van der Waals surface area contributed by atoms with Crippen molar-refractivity contribution >= 4 is 51.8 Å². The normalized spacial score (nSPS) is 22.7. The Bertz CT molecular complexity index is 1210. The number of rotatable bonds is 2. The van der Waals surface area contributed by atoms with Crippen molar-refractivity contribution in [2.75, 3.05) is 47.2 Å². The molecule has 2 atom stereocenters. The summed E-state index contributed by atoms with van der Waals surface area (Å²) in [6.07, 6.45) is 3.39. The molecule has 33 heavy (non-hydrogen) atoms. The van der Waals surface area contributed by atoms with Crippen LogP contribution in [-0.2, 0) is 11.3 Å². The number of imidazole rings is 1. The van der Waals surface area contributed by atoms with E-state index in [1.54, 1.807) is 0 Å². The molecule has 1 aliphatic carbocycles.